The summed E-state index contributed by atoms with van der Waals surface area (Å²) in [7, 11) is 6.99. The second kappa shape index (κ2) is 26.5. The summed E-state index contributed by atoms with van der Waals surface area (Å²) >= 11 is 0. The minimum absolute atomic E-state index is 0.0256. The summed E-state index contributed by atoms with van der Waals surface area (Å²) < 4.78 is 5.93. The van der Waals surface area contributed by atoms with Crippen LogP contribution >= 0.6 is 0 Å². The van der Waals surface area contributed by atoms with Crippen LogP contribution in [0.1, 0.15) is 108 Å². The molecule has 0 aromatic heterocycles. The van der Waals surface area contributed by atoms with Crippen molar-refractivity contribution < 1.29 is 53.0 Å². The molecule has 0 unspecified atom stereocenters. The molecule has 1 aliphatic heterocycles. The second-order valence-electron chi connectivity index (χ2n) is 20.7. The third-order valence-electron chi connectivity index (χ3n) is 12.6. The van der Waals surface area contributed by atoms with Gasteiger partial charge in [0.1, 0.15) is 48.3 Å². The van der Waals surface area contributed by atoms with Crippen LogP contribution in [0.5, 0.6) is 0 Å². The van der Waals surface area contributed by atoms with Crippen molar-refractivity contribution in [3.8, 4) is 0 Å². The van der Waals surface area contributed by atoms with E-state index in [9.17, 15) is 48.3 Å². The highest BCUT2D eigenvalue weighted by Crippen LogP contribution is 2.20. The number of aliphatic hydroxyl groups excluding tert-OH is 1. The van der Waals surface area contributed by atoms with E-state index in [1.165, 1.54) is 77.6 Å². The monoisotopic (exact) mass is 986 g/mol. The Morgan fingerprint density at radius 3 is 1.51 bits per heavy atom. The van der Waals surface area contributed by atoms with Crippen LogP contribution < -0.4 is 21.3 Å². The van der Waals surface area contributed by atoms with E-state index in [0.29, 0.717) is 5.56 Å². The van der Waals surface area contributed by atoms with Crippen LogP contribution in [0.4, 0.5) is 0 Å². The van der Waals surface area contributed by atoms with E-state index in [4.69, 9.17) is 4.74 Å². The number of carbonyl (C=O) groups is 9. The van der Waals surface area contributed by atoms with Crippen molar-refractivity contribution in [3.63, 3.8) is 0 Å². The average Bonchev–Trinajstić information content (AvgIpc) is 3.28. The van der Waals surface area contributed by atoms with Crippen LogP contribution in [-0.2, 0) is 54.3 Å². The average molecular weight is 986 g/mol. The maximum absolute atomic E-state index is 14.8. The zero-order valence-corrected chi connectivity index (χ0v) is 44.6. The summed E-state index contributed by atoms with van der Waals surface area (Å²) in [5.74, 6) is -6.38. The number of likely N-dealkylation sites (N-methyl/N-ethyl adjacent to an activating group) is 5. The van der Waals surface area contributed by atoms with Crippen molar-refractivity contribution >= 4 is 53.2 Å². The molecule has 1 fully saturated rings. The molecule has 1 aliphatic rings. The Balaban J connectivity index is 2.79. The first-order valence-corrected chi connectivity index (χ1v) is 24.2. The highest BCUT2D eigenvalue weighted by Gasteiger charge is 2.42. The van der Waals surface area contributed by atoms with Gasteiger partial charge in [0.2, 0.25) is 53.2 Å². The van der Waals surface area contributed by atoms with Gasteiger partial charge < -0.3 is 55.6 Å². The lowest BCUT2D eigenvalue weighted by atomic mass is 9.98. The summed E-state index contributed by atoms with van der Waals surface area (Å²) in [4.78, 5) is 133. The quantitative estimate of drug-likeness (QED) is 0.234. The van der Waals surface area contributed by atoms with Crippen molar-refractivity contribution in [1.29, 1.82) is 0 Å². The fraction of sp³-hybridized carbons (Fsp3) is 0.700. The van der Waals surface area contributed by atoms with Gasteiger partial charge in [-0.3, -0.25) is 43.2 Å². The summed E-state index contributed by atoms with van der Waals surface area (Å²) in [6.45, 7) is 19.7. The van der Waals surface area contributed by atoms with E-state index in [2.05, 4.69) is 21.3 Å². The lowest BCUT2D eigenvalue weighted by molar-refractivity contribution is -0.153. The number of hydrogen-bond donors (Lipinski definition) is 5. The number of aliphatic hydroxyl groups is 1. The molecule has 0 spiro atoms. The number of rotatable bonds is 9. The number of nitrogens with zero attached hydrogens (tertiary/aromatic N) is 5. The van der Waals surface area contributed by atoms with Gasteiger partial charge in [0.25, 0.3) is 0 Å². The standard InChI is InChI=1S/C50H83N9O11/c1-28(2)23-37-43(63)53-36(27-70-50(10,11)12)42(62)51-30(5)25-40(61)52-31(6)45(65)55(13)32(7)47(67)59(17)39(26-35-21-19-18-20-22-35)48(68)58(16)38(24-29(3)4)44(64)54-41(34(9)60)49(69)56(14)33(8)46(66)57(37)15/h18-22,28-34,36-39,41,60H,23-27H2,1-17H3,(H,51,62)(H,52,61)(H,53,63)(H,54,64)/t30-,31+,32-,33-,34+,36-,37-,38-,39-,41-/m0/s1. The summed E-state index contributed by atoms with van der Waals surface area (Å²) in [5, 5.41) is 21.8. The van der Waals surface area contributed by atoms with Crippen LogP contribution in [0.2, 0.25) is 0 Å². The maximum Gasteiger partial charge on any atom is 0.248 e. The minimum Gasteiger partial charge on any atom is -0.391 e. The molecule has 9 amide bonds. The Morgan fingerprint density at radius 1 is 0.586 bits per heavy atom. The van der Waals surface area contributed by atoms with Crippen LogP contribution in [0.15, 0.2) is 30.3 Å². The predicted octanol–water partition coefficient (Wildman–Crippen LogP) is 1.07. The fourth-order valence-electron chi connectivity index (χ4n) is 7.98. The molecule has 1 saturated heterocycles. The normalized spacial score (nSPS) is 27.3. The molecule has 0 radical (unpaired) electrons. The van der Waals surface area contributed by atoms with Crippen LogP contribution in [0.3, 0.4) is 0 Å². The Bertz CT molecular complexity index is 1990. The predicted molar refractivity (Wildman–Crippen MR) is 264 cm³/mol. The van der Waals surface area contributed by atoms with E-state index >= 15 is 0 Å². The molecule has 0 saturated carbocycles. The molecule has 70 heavy (non-hydrogen) atoms. The summed E-state index contributed by atoms with van der Waals surface area (Å²) in [6, 6.07) is -1.79. The first kappa shape index (κ1) is 60.5. The van der Waals surface area contributed by atoms with Gasteiger partial charge in [0.05, 0.1) is 18.3 Å². The molecule has 20 heteroatoms. The molecule has 1 heterocycles. The molecule has 2 rings (SSSR count). The van der Waals surface area contributed by atoms with Crippen molar-refractivity contribution in [3.05, 3.63) is 35.9 Å². The molecular weight excluding hydrogens is 903 g/mol. The third kappa shape index (κ3) is 17.3. The topological polar surface area (TPSA) is 247 Å². The van der Waals surface area contributed by atoms with Crippen LogP contribution in [0, 0.1) is 11.8 Å². The Kier molecular flexibility index (Phi) is 22.9. The molecule has 0 bridgehead atoms. The zero-order valence-electron chi connectivity index (χ0n) is 44.6. The summed E-state index contributed by atoms with van der Waals surface area (Å²) in [6.07, 6.45) is -1.46. The number of nitrogens with one attached hydrogen (secondary N) is 4. The summed E-state index contributed by atoms with van der Waals surface area (Å²) in [5.41, 5.74) is -0.0308. The number of hydrogen-bond acceptors (Lipinski definition) is 11. The van der Waals surface area contributed by atoms with Gasteiger partial charge >= 0.3 is 0 Å². The van der Waals surface area contributed by atoms with Crippen molar-refractivity contribution in [2.45, 2.75) is 175 Å². The van der Waals surface area contributed by atoms with Gasteiger partial charge in [-0.15, -0.1) is 0 Å². The van der Waals surface area contributed by atoms with Gasteiger partial charge in [-0.1, -0.05) is 58.0 Å². The molecule has 10 atom stereocenters. The molecule has 20 nitrogen and oxygen atoms in total. The zero-order chi connectivity index (χ0) is 53.7. The van der Waals surface area contributed by atoms with E-state index in [1.807, 2.05) is 27.7 Å². The SMILES string of the molecule is CC(C)C[C@H]1C(=O)N[C@@H](COC(C)(C)C)C(=O)N[C@@H](C)CC(=O)N[C@H](C)C(=O)N(C)[C@@H](C)C(=O)N(C)[C@@H](Cc2ccccc2)C(=O)N(C)[C@@H](CC(C)C)C(=O)N[C@@H]([C@@H](C)O)C(=O)N(C)[C@@H](C)C(=O)N1C. The van der Waals surface area contributed by atoms with E-state index in [1.54, 1.807) is 58.0 Å². The van der Waals surface area contributed by atoms with Crippen LogP contribution in [0.25, 0.3) is 0 Å². The Hall–Kier alpha value is -5.63. The molecule has 1 aromatic rings. The first-order valence-electron chi connectivity index (χ1n) is 24.2. The maximum atomic E-state index is 14.8. The molecule has 5 N–H and O–H groups in total. The minimum atomic E-state index is -1.59. The first-order chi connectivity index (χ1) is 32.3. The van der Waals surface area contributed by atoms with Crippen molar-refractivity contribution in [1.82, 2.24) is 45.8 Å². The number of benzene rings is 1. The van der Waals surface area contributed by atoms with Gasteiger partial charge in [-0.2, -0.15) is 0 Å². The van der Waals surface area contributed by atoms with Gasteiger partial charge in [0, 0.05) is 54.1 Å². The molecule has 0 aliphatic carbocycles. The highest BCUT2D eigenvalue weighted by molar-refractivity contribution is 5.98. The van der Waals surface area contributed by atoms with Gasteiger partial charge in [0.15, 0.2) is 0 Å². The van der Waals surface area contributed by atoms with Crippen molar-refractivity contribution in [2.24, 2.45) is 11.8 Å². The Morgan fingerprint density at radius 2 is 1.04 bits per heavy atom. The second-order valence-corrected chi connectivity index (χ2v) is 20.7. The Labute approximate surface area is 415 Å². The molecule has 394 valence electrons. The molecular formula is C50H83N9O11. The number of amides is 9. The number of carbonyl (C=O) groups excluding carboxylic acids is 9. The fourth-order valence-corrected chi connectivity index (χ4v) is 7.98. The van der Waals surface area contributed by atoms with Crippen LogP contribution in [-0.4, -0.2) is 191 Å². The molecule has 1 aromatic carbocycles. The van der Waals surface area contributed by atoms with E-state index in [-0.39, 0.29) is 44.1 Å². The van der Waals surface area contributed by atoms with Gasteiger partial charge in [-0.25, -0.2) is 0 Å². The lowest BCUT2D eigenvalue weighted by Crippen LogP contribution is -2.62. The lowest BCUT2D eigenvalue weighted by Gasteiger charge is -2.38. The van der Waals surface area contributed by atoms with E-state index < -0.39 is 119 Å². The number of ether oxygens (including phenoxy) is 1. The van der Waals surface area contributed by atoms with E-state index in [0.717, 1.165) is 9.80 Å². The smallest absolute Gasteiger partial charge is 0.248 e. The largest absolute Gasteiger partial charge is 0.391 e. The van der Waals surface area contributed by atoms with Crippen molar-refractivity contribution in [2.75, 3.05) is 41.8 Å². The van der Waals surface area contributed by atoms with Gasteiger partial charge in [-0.05, 0) is 85.6 Å². The third-order valence-corrected chi connectivity index (χ3v) is 12.6. The highest BCUT2D eigenvalue weighted by atomic mass is 16.5.